The highest BCUT2D eigenvalue weighted by Gasteiger charge is 2.57. The molecule has 1 aliphatic rings. The van der Waals surface area contributed by atoms with Crippen molar-refractivity contribution >= 4 is 41.7 Å². The van der Waals surface area contributed by atoms with Crippen molar-refractivity contribution < 1.29 is 86.9 Å². The summed E-state index contributed by atoms with van der Waals surface area (Å²) in [5.74, 6) is -7.67. The zero-order chi connectivity index (χ0) is 47.1. The molecule has 0 aliphatic carbocycles. The first kappa shape index (κ1) is 52.7. The molecule has 10 N–H and O–H groups in total. The number of carboxylic acids is 2. The first-order valence-corrected chi connectivity index (χ1v) is 17.1. The SMILES string of the molecule is NC(N)=NCCCCN1C(=O)N(CCCCN=C(N)N)C(=O)C(Cc2ccc(C(F)(F)F)cc2)(Cc2ccc(C(F)(F)F)cc2)C1=O.O=C(O)C(F)(F)F.O=C(O)C(F)(F)F. The molecule has 0 aromatic heterocycles. The Kier molecular flexibility index (Phi) is 18.8. The van der Waals surface area contributed by atoms with E-state index in [9.17, 15) is 67.1 Å². The van der Waals surface area contributed by atoms with Crippen LogP contribution in [0.4, 0.5) is 57.5 Å². The molecule has 0 spiro atoms. The molecule has 4 amide bonds. The zero-order valence-electron chi connectivity index (χ0n) is 31.3. The monoisotopic (exact) mass is 898 g/mol. The molecule has 0 bridgehead atoms. The molecule has 0 atom stereocenters. The number of barbiturate groups is 1. The Bertz CT molecular complexity index is 1740. The lowest BCUT2D eigenvalue weighted by atomic mass is 9.72. The smallest absolute Gasteiger partial charge is 0.475 e. The molecule has 1 fully saturated rings. The second-order valence-electron chi connectivity index (χ2n) is 12.7. The number of halogens is 12. The highest BCUT2D eigenvalue weighted by molar-refractivity contribution is 6.19. The number of aliphatic imine (C=N–C) groups is 2. The van der Waals surface area contributed by atoms with Gasteiger partial charge in [0.25, 0.3) is 0 Å². The number of amides is 4. The fraction of sp³-hybridized carbons (Fsp3) is 0.441. The van der Waals surface area contributed by atoms with Gasteiger partial charge in [0.15, 0.2) is 11.9 Å². The Balaban J connectivity index is 0.00000114. The van der Waals surface area contributed by atoms with Crippen LogP contribution in [0.5, 0.6) is 0 Å². The number of alkyl halides is 12. The van der Waals surface area contributed by atoms with Crippen molar-refractivity contribution in [3.05, 3.63) is 70.8 Å². The molecule has 0 unspecified atom stereocenters. The number of rotatable bonds is 14. The van der Waals surface area contributed by atoms with Gasteiger partial charge in [-0.15, -0.1) is 0 Å². The maximum Gasteiger partial charge on any atom is 0.490 e. The predicted octanol–water partition coefficient (Wildman–Crippen LogP) is 4.66. The van der Waals surface area contributed by atoms with E-state index >= 15 is 0 Å². The Morgan fingerprint density at radius 2 is 0.820 bits per heavy atom. The molecular weight excluding hydrogens is 860 g/mol. The van der Waals surface area contributed by atoms with Crippen LogP contribution in [-0.4, -0.2) is 100 Å². The normalized spacial score (nSPS) is 14.3. The Morgan fingerprint density at radius 3 is 1.05 bits per heavy atom. The van der Waals surface area contributed by atoms with Crippen LogP contribution < -0.4 is 22.9 Å². The summed E-state index contributed by atoms with van der Waals surface area (Å²) in [5, 5.41) is 14.2. The van der Waals surface area contributed by atoms with Crippen LogP contribution in [0.25, 0.3) is 0 Å². The number of carbonyl (C=O) groups excluding carboxylic acids is 3. The second-order valence-corrected chi connectivity index (χ2v) is 12.7. The number of carbonyl (C=O) groups is 5. The lowest BCUT2D eigenvalue weighted by molar-refractivity contribution is -0.193. The van der Waals surface area contributed by atoms with Gasteiger partial charge in [-0.25, -0.2) is 14.4 Å². The molecular formula is C34H38F12N8O7. The van der Waals surface area contributed by atoms with Crippen molar-refractivity contribution in [3.63, 3.8) is 0 Å². The van der Waals surface area contributed by atoms with E-state index in [1.165, 1.54) is 0 Å². The van der Waals surface area contributed by atoms with Crippen molar-refractivity contribution in [3.8, 4) is 0 Å². The molecule has 61 heavy (non-hydrogen) atoms. The molecule has 2 aromatic carbocycles. The average molecular weight is 899 g/mol. The molecule has 0 radical (unpaired) electrons. The van der Waals surface area contributed by atoms with Crippen LogP contribution in [0.2, 0.25) is 0 Å². The number of benzene rings is 2. The van der Waals surface area contributed by atoms with Gasteiger partial charge in [-0.05, 0) is 73.9 Å². The summed E-state index contributed by atoms with van der Waals surface area (Å²) in [6.45, 7) is 0.0664. The van der Waals surface area contributed by atoms with E-state index in [-0.39, 0.29) is 62.1 Å². The molecule has 3 rings (SSSR count). The van der Waals surface area contributed by atoms with E-state index in [0.29, 0.717) is 12.8 Å². The van der Waals surface area contributed by atoms with Gasteiger partial charge in [-0.3, -0.25) is 29.4 Å². The molecule has 15 nitrogen and oxygen atoms in total. The molecule has 1 heterocycles. The minimum Gasteiger partial charge on any atom is -0.475 e. The summed E-state index contributed by atoms with van der Waals surface area (Å²) in [6.07, 6.45) is -19.2. The number of carboxylic acid groups (broad SMARTS) is 2. The minimum atomic E-state index is -5.08. The lowest BCUT2D eigenvalue weighted by Crippen LogP contribution is -2.66. The number of imide groups is 2. The van der Waals surface area contributed by atoms with Crippen LogP contribution in [0.15, 0.2) is 58.5 Å². The Hall–Kier alpha value is -6.31. The third-order valence-corrected chi connectivity index (χ3v) is 8.00. The van der Waals surface area contributed by atoms with Crippen molar-refractivity contribution in [2.24, 2.45) is 38.3 Å². The van der Waals surface area contributed by atoms with E-state index in [1.807, 2.05) is 0 Å². The lowest BCUT2D eigenvalue weighted by Gasteiger charge is -2.44. The summed E-state index contributed by atoms with van der Waals surface area (Å²) < 4.78 is 143. The van der Waals surface area contributed by atoms with Crippen LogP contribution in [0.1, 0.15) is 47.9 Å². The van der Waals surface area contributed by atoms with E-state index in [2.05, 4.69) is 9.98 Å². The van der Waals surface area contributed by atoms with Gasteiger partial charge in [-0.2, -0.15) is 52.7 Å². The number of nitrogens with zero attached hydrogens (tertiary/aromatic N) is 4. The second kappa shape index (κ2) is 21.8. The number of guanidine groups is 2. The van der Waals surface area contributed by atoms with Crippen LogP contribution in [-0.2, 0) is 44.4 Å². The quantitative estimate of drug-likeness (QED) is 0.0500. The van der Waals surface area contributed by atoms with Gasteiger partial charge < -0.3 is 33.1 Å². The van der Waals surface area contributed by atoms with E-state index in [0.717, 1.165) is 58.3 Å². The summed E-state index contributed by atoms with van der Waals surface area (Å²) in [5.41, 5.74) is 17.7. The van der Waals surface area contributed by atoms with Gasteiger partial charge in [0, 0.05) is 26.2 Å². The highest BCUT2D eigenvalue weighted by Crippen LogP contribution is 2.39. The number of nitrogens with two attached hydrogens (primary N) is 4. The molecule has 1 aliphatic heterocycles. The van der Waals surface area contributed by atoms with E-state index in [1.54, 1.807) is 0 Å². The Morgan fingerprint density at radius 1 is 0.541 bits per heavy atom. The third-order valence-electron chi connectivity index (χ3n) is 8.00. The summed E-state index contributed by atoms with van der Waals surface area (Å²) in [4.78, 5) is 69.5. The highest BCUT2D eigenvalue weighted by atomic mass is 19.4. The molecule has 2 aromatic rings. The van der Waals surface area contributed by atoms with E-state index < -0.39 is 83.9 Å². The maximum atomic E-state index is 14.3. The standard InChI is InChI=1S/C30H36F6N8O3.2C2HF3O2/c31-29(32,33)21-9-5-19(6-10-21)17-28(18-20-7-11-22(12-8-20)30(34,35)36)23(45)43(15-3-1-13-41-25(37)38)27(47)44(24(28)46)16-4-2-14-42-26(39)40;2*3-2(4,5)1(6)7/h5-12H,1-4,13-18H2,(H4,37,38,41)(H4,39,40,42);2*(H,6,7). The first-order chi connectivity index (χ1) is 27.8. The summed E-state index contributed by atoms with van der Waals surface area (Å²) >= 11 is 0. The van der Waals surface area contributed by atoms with Gasteiger partial charge in [0.1, 0.15) is 5.41 Å². The largest absolute Gasteiger partial charge is 0.490 e. The topological polar surface area (TPSA) is 261 Å². The third kappa shape index (κ3) is 17.1. The number of urea groups is 1. The van der Waals surface area contributed by atoms with Gasteiger partial charge in [0.05, 0.1) is 11.1 Å². The minimum absolute atomic E-state index is 0.153. The van der Waals surface area contributed by atoms with Gasteiger partial charge >= 0.3 is 42.7 Å². The maximum absolute atomic E-state index is 14.3. The summed E-state index contributed by atoms with van der Waals surface area (Å²) in [7, 11) is 0. The first-order valence-electron chi connectivity index (χ1n) is 17.1. The predicted molar refractivity (Wildman–Crippen MR) is 189 cm³/mol. The molecule has 0 saturated carbocycles. The molecule has 340 valence electrons. The number of hydrogen-bond donors (Lipinski definition) is 6. The van der Waals surface area contributed by atoms with Crippen molar-refractivity contribution in [2.45, 2.75) is 63.2 Å². The van der Waals surface area contributed by atoms with Crippen molar-refractivity contribution in [1.29, 1.82) is 0 Å². The number of aliphatic carboxylic acids is 2. The van der Waals surface area contributed by atoms with Crippen LogP contribution in [0.3, 0.4) is 0 Å². The van der Waals surface area contributed by atoms with Crippen LogP contribution in [0, 0.1) is 5.41 Å². The summed E-state index contributed by atoms with van der Waals surface area (Å²) in [6, 6.07) is 6.76. The fourth-order valence-corrected chi connectivity index (χ4v) is 5.19. The number of hydrogen-bond acceptors (Lipinski definition) is 7. The molecule has 27 heteroatoms. The average Bonchev–Trinajstić information content (AvgIpc) is 3.12. The van der Waals surface area contributed by atoms with Crippen LogP contribution >= 0.6 is 0 Å². The molecule has 1 saturated heterocycles. The van der Waals surface area contributed by atoms with Crippen molar-refractivity contribution in [2.75, 3.05) is 26.2 Å². The Labute approximate surface area is 337 Å². The number of unbranched alkanes of at least 4 members (excludes halogenated alkanes) is 2. The van der Waals surface area contributed by atoms with Crippen molar-refractivity contribution in [1.82, 2.24) is 9.80 Å². The fourth-order valence-electron chi connectivity index (χ4n) is 5.19. The van der Waals surface area contributed by atoms with Gasteiger partial charge in [-0.1, -0.05) is 24.3 Å². The van der Waals surface area contributed by atoms with Gasteiger partial charge in [0.2, 0.25) is 11.8 Å². The zero-order valence-corrected chi connectivity index (χ0v) is 31.3. The van der Waals surface area contributed by atoms with E-state index in [4.69, 9.17) is 42.7 Å².